The number of unbranched alkanes of at least 4 members (excludes halogenated alkanes) is 2. The molecule has 0 spiro atoms. The van der Waals surface area contributed by atoms with Crippen molar-refractivity contribution in [3.63, 3.8) is 0 Å². The quantitative estimate of drug-likeness (QED) is 0.132. The Hall–Kier alpha value is -2.31. The summed E-state index contributed by atoms with van der Waals surface area (Å²) in [6.45, 7) is 23.8. The van der Waals surface area contributed by atoms with E-state index in [9.17, 15) is 0 Å². The maximum atomic E-state index is 2.61. The van der Waals surface area contributed by atoms with Gasteiger partial charge in [0, 0.05) is 0 Å². The van der Waals surface area contributed by atoms with E-state index < -0.39 is 21.3 Å². The Bertz CT molecular complexity index is 1920. The van der Waals surface area contributed by atoms with Crippen LogP contribution in [-0.4, -0.2) is 3.21 Å². The first-order valence-corrected chi connectivity index (χ1v) is 23.1. The summed E-state index contributed by atoms with van der Waals surface area (Å²) in [5, 5.41) is 0. The number of allylic oxidation sites excluding steroid dienone is 4. The summed E-state index contributed by atoms with van der Waals surface area (Å²) in [4.78, 5) is 0. The number of rotatable bonds is 10. The first-order valence-electron chi connectivity index (χ1n) is 19.4. The van der Waals surface area contributed by atoms with Gasteiger partial charge in [-0.1, -0.05) is 0 Å². The standard InChI is InChI=1S/C23H29.C21H26.C5H5.2ClH.Zr/c1-14-9-16-11-17-10-15(2)21(23(6,7)8)13-19(17)18(16)12-20(14)22(3,4)5;1-3-5-7-18-9-13-20(14-10-18)17-21-15-11-19(12-16-21)8-6-4-2;1-2-4-5-3-1;;;/h9,12-13H,11H2,1-8H3;9-16H,3-8H2,1-2H3;1-3H,4H2;2*1H;. The fraction of sp³-hybridized carbons (Fsp3) is 0.408. The van der Waals surface area contributed by atoms with Gasteiger partial charge in [0.25, 0.3) is 0 Å². The van der Waals surface area contributed by atoms with Gasteiger partial charge in [0.2, 0.25) is 0 Å². The van der Waals surface area contributed by atoms with Crippen LogP contribution in [0.4, 0.5) is 0 Å². The van der Waals surface area contributed by atoms with Gasteiger partial charge in [0.1, 0.15) is 0 Å². The van der Waals surface area contributed by atoms with Crippen molar-refractivity contribution in [2.75, 3.05) is 0 Å². The van der Waals surface area contributed by atoms with Gasteiger partial charge in [-0.15, -0.1) is 24.8 Å². The predicted octanol–water partition coefficient (Wildman–Crippen LogP) is 13.4. The van der Waals surface area contributed by atoms with Crippen LogP contribution in [0.2, 0.25) is 0 Å². The summed E-state index contributed by atoms with van der Waals surface area (Å²) >= 11 is -2.82. The van der Waals surface area contributed by atoms with Crippen LogP contribution >= 0.6 is 24.8 Å². The fourth-order valence-corrected chi connectivity index (χ4v) is 16.9. The van der Waals surface area contributed by atoms with Gasteiger partial charge in [-0.25, -0.2) is 0 Å². The molecular weight excluding hydrogens is 751 g/mol. The molecule has 0 fully saturated rings. The number of halogens is 2. The summed E-state index contributed by atoms with van der Waals surface area (Å²) in [5.74, 6) is 0. The van der Waals surface area contributed by atoms with Crippen molar-refractivity contribution in [3.8, 4) is 11.1 Å². The zero-order valence-electron chi connectivity index (χ0n) is 33.6. The average Bonchev–Trinajstić information content (AvgIpc) is 3.73. The van der Waals surface area contributed by atoms with Crippen LogP contribution in [0.25, 0.3) is 11.1 Å². The Morgan fingerprint density at radius 3 is 1.65 bits per heavy atom. The number of aryl methyl sites for hydroxylation is 3. The SMILES string of the molecule is CCCCc1ccc([C](c2ccc(CCCC)cc2)=[Zr]([C]2=CC=CC2)[c]2c(C)c(C(C)(C)C)cc3c2Cc2cc(C)c(C(C)(C)C)cc2-3)cc1.Cl.Cl. The molecule has 0 aromatic heterocycles. The minimum absolute atomic E-state index is 0. The molecule has 2 aliphatic rings. The minimum Gasteiger partial charge on any atom is -0.147 e. The first kappa shape index (κ1) is 42.4. The smallest absolute Gasteiger partial charge is 0.147 e. The van der Waals surface area contributed by atoms with E-state index in [4.69, 9.17) is 0 Å². The summed E-state index contributed by atoms with van der Waals surface area (Å²) in [5.41, 5.74) is 18.0. The molecule has 0 saturated heterocycles. The van der Waals surface area contributed by atoms with Crippen molar-refractivity contribution in [3.05, 3.63) is 144 Å². The van der Waals surface area contributed by atoms with Crippen LogP contribution in [0, 0.1) is 13.8 Å². The van der Waals surface area contributed by atoms with Gasteiger partial charge >= 0.3 is 314 Å². The Morgan fingerprint density at radius 1 is 0.673 bits per heavy atom. The van der Waals surface area contributed by atoms with E-state index >= 15 is 0 Å². The molecule has 0 radical (unpaired) electrons. The molecule has 0 nitrogen and oxygen atoms in total. The molecule has 3 heteroatoms. The van der Waals surface area contributed by atoms with Crippen molar-refractivity contribution >= 4 is 31.3 Å². The van der Waals surface area contributed by atoms with E-state index in [1.807, 2.05) is 0 Å². The summed E-state index contributed by atoms with van der Waals surface area (Å²) < 4.78 is 5.08. The van der Waals surface area contributed by atoms with Crippen molar-refractivity contribution in [2.24, 2.45) is 0 Å². The van der Waals surface area contributed by atoms with Crippen LogP contribution < -0.4 is 3.27 Å². The van der Waals surface area contributed by atoms with Crippen molar-refractivity contribution in [1.82, 2.24) is 0 Å². The van der Waals surface area contributed by atoms with E-state index in [0.29, 0.717) is 0 Å². The maximum absolute atomic E-state index is 2.82. The summed E-state index contributed by atoms with van der Waals surface area (Å²) in [6.07, 6.45) is 16.7. The van der Waals surface area contributed by atoms with Crippen LogP contribution in [0.1, 0.15) is 143 Å². The maximum Gasteiger partial charge on any atom is -0.147 e. The van der Waals surface area contributed by atoms with Crippen molar-refractivity contribution < 1.29 is 21.3 Å². The molecule has 6 rings (SSSR count). The Morgan fingerprint density at radius 2 is 1.19 bits per heavy atom. The van der Waals surface area contributed by atoms with E-state index in [1.165, 1.54) is 81.3 Å². The van der Waals surface area contributed by atoms with Crippen LogP contribution in [0.3, 0.4) is 0 Å². The second kappa shape index (κ2) is 17.4. The van der Waals surface area contributed by atoms with Gasteiger partial charge in [0.05, 0.1) is 0 Å². The third kappa shape index (κ3) is 8.80. The monoisotopic (exact) mass is 810 g/mol. The minimum atomic E-state index is -2.82. The van der Waals surface area contributed by atoms with Crippen LogP contribution in [0.5, 0.6) is 0 Å². The van der Waals surface area contributed by atoms with Crippen molar-refractivity contribution in [2.45, 2.75) is 131 Å². The zero-order chi connectivity index (χ0) is 35.8. The fourth-order valence-electron chi connectivity index (χ4n) is 8.51. The van der Waals surface area contributed by atoms with Gasteiger partial charge in [-0.3, -0.25) is 0 Å². The molecule has 0 aliphatic heterocycles. The van der Waals surface area contributed by atoms with Crippen LogP contribution in [0.15, 0.2) is 88.2 Å². The van der Waals surface area contributed by atoms with Gasteiger partial charge in [-0.05, 0) is 0 Å². The third-order valence-electron chi connectivity index (χ3n) is 11.1. The largest absolute Gasteiger partial charge is 0.147 e. The average molecular weight is 813 g/mol. The zero-order valence-corrected chi connectivity index (χ0v) is 37.6. The number of hydrogen-bond donors (Lipinski definition) is 0. The molecule has 4 aromatic carbocycles. The Kier molecular flexibility index (Phi) is 14.2. The number of fused-ring (bicyclic) bond motifs is 3. The third-order valence-corrected chi connectivity index (χ3v) is 19.2. The topological polar surface area (TPSA) is 0 Å². The second-order valence-electron chi connectivity index (χ2n) is 17.1. The summed E-state index contributed by atoms with van der Waals surface area (Å²) in [7, 11) is 0. The van der Waals surface area contributed by atoms with Crippen LogP contribution in [-0.2, 0) is 51.4 Å². The molecular formula is C49H62Cl2Zr. The molecule has 0 N–H and O–H groups in total. The van der Waals surface area contributed by atoms with Gasteiger partial charge in [-0.2, -0.15) is 0 Å². The predicted molar refractivity (Wildman–Crippen MR) is 231 cm³/mol. The Balaban J connectivity index is 0.00000302. The number of benzene rings is 4. The second-order valence-corrected chi connectivity index (χ2v) is 23.0. The molecule has 2 aliphatic carbocycles. The molecule has 0 bridgehead atoms. The molecule has 276 valence electrons. The normalized spacial score (nSPS) is 13.2. The van der Waals surface area contributed by atoms with Gasteiger partial charge < -0.3 is 0 Å². The van der Waals surface area contributed by atoms with E-state index in [-0.39, 0.29) is 35.6 Å². The molecule has 52 heavy (non-hydrogen) atoms. The summed E-state index contributed by atoms with van der Waals surface area (Å²) in [6, 6.07) is 27.3. The van der Waals surface area contributed by atoms with Gasteiger partial charge in [0.15, 0.2) is 0 Å². The van der Waals surface area contributed by atoms with Crippen molar-refractivity contribution in [1.29, 1.82) is 0 Å². The molecule has 0 heterocycles. The van der Waals surface area contributed by atoms with E-state index in [0.717, 1.165) is 25.7 Å². The first-order chi connectivity index (χ1) is 23.8. The van der Waals surface area contributed by atoms with E-state index in [1.54, 1.807) is 20.9 Å². The molecule has 0 saturated carbocycles. The van der Waals surface area contributed by atoms with E-state index in [2.05, 4.69) is 154 Å². The molecule has 0 unspecified atom stereocenters. The Labute approximate surface area is 336 Å². The molecule has 0 amide bonds. The number of hydrogen-bond acceptors (Lipinski definition) is 0. The molecule has 0 atom stereocenters. The molecule has 4 aromatic rings.